The van der Waals surface area contributed by atoms with Crippen LogP contribution in [0.2, 0.25) is 0 Å². The van der Waals surface area contributed by atoms with E-state index in [4.69, 9.17) is 4.74 Å². The Kier molecular flexibility index (Phi) is 5.86. The molecule has 0 saturated carbocycles. The Bertz CT molecular complexity index is 873. The van der Waals surface area contributed by atoms with Gasteiger partial charge in [0.1, 0.15) is 11.8 Å². The predicted molar refractivity (Wildman–Crippen MR) is 107 cm³/mol. The number of carbonyl (C=O) groups excluding carboxylic acids is 1. The Morgan fingerprint density at radius 1 is 1.25 bits per heavy atom. The standard InChI is InChI=1S/C22H25N3O3/c1-14(2)24-22(27)25-19(12-23)21(20(25)13-26)18-7-5-4-6-17(18)15-8-10-16(28-3)11-9-15/h4-11,14,19-21,26H,13H2,1-3H3,(H,24,27)/t19-,20+,21+/m1/s1. The van der Waals surface area contributed by atoms with E-state index in [1.165, 1.54) is 4.90 Å². The Balaban J connectivity index is 1.97. The van der Waals surface area contributed by atoms with Gasteiger partial charge in [-0.15, -0.1) is 0 Å². The highest BCUT2D eigenvalue weighted by Crippen LogP contribution is 2.44. The molecular weight excluding hydrogens is 354 g/mol. The maximum Gasteiger partial charge on any atom is 0.319 e. The first-order valence-electron chi connectivity index (χ1n) is 9.34. The lowest BCUT2D eigenvalue weighted by Gasteiger charge is -2.52. The number of likely N-dealkylation sites (tertiary alicyclic amines) is 1. The zero-order valence-electron chi connectivity index (χ0n) is 16.3. The number of urea groups is 1. The SMILES string of the molecule is COc1ccc(-c2ccccc2[C@H]2[C@@H](C#N)N(C(=O)NC(C)C)[C@H]2CO)cc1. The summed E-state index contributed by atoms with van der Waals surface area (Å²) in [7, 11) is 1.62. The van der Waals surface area contributed by atoms with Crippen molar-refractivity contribution in [1.82, 2.24) is 10.2 Å². The lowest BCUT2D eigenvalue weighted by molar-refractivity contribution is 0.0164. The van der Waals surface area contributed by atoms with Crippen molar-refractivity contribution < 1.29 is 14.6 Å². The molecule has 0 unspecified atom stereocenters. The van der Waals surface area contributed by atoms with Gasteiger partial charge in [0.25, 0.3) is 0 Å². The van der Waals surface area contributed by atoms with Gasteiger partial charge in [0.15, 0.2) is 0 Å². The van der Waals surface area contributed by atoms with E-state index in [0.29, 0.717) is 0 Å². The molecule has 3 atom stereocenters. The van der Waals surface area contributed by atoms with E-state index in [2.05, 4.69) is 11.4 Å². The number of carbonyl (C=O) groups is 1. The maximum absolute atomic E-state index is 12.5. The van der Waals surface area contributed by atoms with Crippen LogP contribution in [0.4, 0.5) is 4.79 Å². The Morgan fingerprint density at radius 3 is 2.50 bits per heavy atom. The molecule has 2 aromatic carbocycles. The van der Waals surface area contributed by atoms with Crippen LogP contribution in [-0.4, -0.2) is 47.9 Å². The van der Waals surface area contributed by atoms with E-state index in [0.717, 1.165) is 22.4 Å². The van der Waals surface area contributed by atoms with Gasteiger partial charge in [0.2, 0.25) is 0 Å². The zero-order chi connectivity index (χ0) is 20.3. The molecule has 0 radical (unpaired) electrons. The third-order valence-corrected chi connectivity index (χ3v) is 5.10. The number of rotatable bonds is 5. The highest BCUT2D eigenvalue weighted by molar-refractivity contribution is 5.78. The maximum atomic E-state index is 12.5. The number of methoxy groups -OCH3 is 1. The van der Waals surface area contributed by atoms with Crippen LogP contribution in [0.15, 0.2) is 48.5 Å². The van der Waals surface area contributed by atoms with Crippen molar-refractivity contribution in [2.45, 2.75) is 37.9 Å². The average molecular weight is 379 g/mol. The summed E-state index contributed by atoms with van der Waals surface area (Å²) in [6, 6.07) is 16.4. The van der Waals surface area contributed by atoms with Gasteiger partial charge < -0.3 is 20.1 Å². The Morgan fingerprint density at radius 2 is 1.93 bits per heavy atom. The molecule has 0 aliphatic carbocycles. The number of hydrogen-bond acceptors (Lipinski definition) is 4. The molecule has 1 saturated heterocycles. The quantitative estimate of drug-likeness (QED) is 0.836. The van der Waals surface area contributed by atoms with Gasteiger partial charge >= 0.3 is 6.03 Å². The Hall–Kier alpha value is -3.04. The van der Waals surface area contributed by atoms with Crippen molar-refractivity contribution in [2.24, 2.45) is 0 Å². The molecule has 1 aliphatic rings. The first kappa shape index (κ1) is 19.7. The number of benzene rings is 2. The van der Waals surface area contributed by atoms with E-state index in [-0.39, 0.29) is 24.6 Å². The van der Waals surface area contributed by atoms with Crippen LogP contribution in [0.3, 0.4) is 0 Å². The topological polar surface area (TPSA) is 85.6 Å². The van der Waals surface area contributed by atoms with Crippen LogP contribution < -0.4 is 10.1 Å². The first-order chi connectivity index (χ1) is 13.5. The molecule has 0 spiro atoms. The number of nitrogens with one attached hydrogen (secondary N) is 1. The van der Waals surface area contributed by atoms with Crippen molar-refractivity contribution in [3.05, 3.63) is 54.1 Å². The lowest BCUT2D eigenvalue weighted by atomic mass is 9.73. The molecule has 1 heterocycles. The number of nitriles is 1. The number of aliphatic hydroxyl groups excluding tert-OH is 1. The van der Waals surface area contributed by atoms with Crippen molar-refractivity contribution in [1.29, 1.82) is 5.26 Å². The summed E-state index contributed by atoms with van der Waals surface area (Å²) in [5.41, 5.74) is 2.93. The zero-order valence-corrected chi connectivity index (χ0v) is 16.3. The molecule has 2 N–H and O–H groups in total. The molecule has 3 rings (SSSR count). The van der Waals surface area contributed by atoms with Gasteiger partial charge in [-0.1, -0.05) is 36.4 Å². The number of amides is 2. The van der Waals surface area contributed by atoms with E-state index >= 15 is 0 Å². The van der Waals surface area contributed by atoms with Crippen LogP contribution in [0, 0.1) is 11.3 Å². The fourth-order valence-corrected chi connectivity index (χ4v) is 3.80. The molecule has 0 bridgehead atoms. The number of ether oxygens (including phenoxy) is 1. The van der Waals surface area contributed by atoms with Gasteiger partial charge in [-0.3, -0.25) is 0 Å². The molecule has 1 fully saturated rings. The normalized spacial score (nSPS) is 21.0. The molecule has 28 heavy (non-hydrogen) atoms. The van der Waals surface area contributed by atoms with E-state index < -0.39 is 12.1 Å². The second kappa shape index (κ2) is 8.32. The molecule has 1 aliphatic heterocycles. The minimum atomic E-state index is -0.629. The third-order valence-electron chi connectivity index (χ3n) is 5.10. The lowest BCUT2D eigenvalue weighted by Crippen LogP contribution is -2.67. The van der Waals surface area contributed by atoms with Crippen LogP contribution in [0.5, 0.6) is 5.75 Å². The second-order valence-corrected chi connectivity index (χ2v) is 7.18. The van der Waals surface area contributed by atoms with Crippen LogP contribution in [0.1, 0.15) is 25.3 Å². The van der Waals surface area contributed by atoms with Crippen molar-refractivity contribution in [3.8, 4) is 22.9 Å². The molecular formula is C22H25N3O3. The average Bonchev–Trinajstić information content (AvgIpc) is 2.68. The monoisotopic (exact) mass is 379 g/mol. The highest BCUT2D eigenvalue weighted by Gasteiger charge is 2.52. The summed E-state index contributed by atoms with van der Waals surface area (Å²) < 4.78 is 5.23. The molecule has 146 valence electrons. The Labute approximate surface area is 165 Å². The number of aliphatic hydroxyl groups is 1. The summed E-state index contributed by atoms with van der Waals surface area (Å²) in [5.74, 6) is 0.510. The van der Waals surface area contributed by atoms with E-state index in [1.54, 1.807) is 7.11 Å². The molecule has 6 nitrogen and oxygen atoms in total. The summed E-state index contributed by atoms with van der Waals surface area (Å²) >= 11 is 0. The van der Waals surface area contributed by atoms with Crippen molar-refractivity contribution in [2.75, 3.05) is 13.7 Å². The van der Waals surface area contributed by atoms with Gasteiger partial charge in [-0.25, -0.2) is 4.79 Å². The molecule has 2 amide bonds. The summed E-state index contributed by atoms with van der Waals surface area (Å²) in [5, 5.41) is 22.5. The van der Waals surface area contributed by atoms with Gasteiger partial charge in [-0.05, 0) is 42.7 Å². The summed E-state index contributed by atoms with van der Waals surface area (Å²) in [6.45, 7) is 3.53. The van der Waals surface area contributed by atoms with Crippen molar-refractivity contribution in [3.63, 3.8) is 0 Å². The molecule has 0 aromatic heterocycles. The fraction of sp³-hybridized carbons (Fsp3) is 0.364. The minimum Gasteiger partial charge on any atom is -0.497 e. The number of hydrogen-bond donors (Lipinski definition) is 2. The molecule has 6 heteroatoms. The largest absolute Gasteiger partial charge is 0.497 e. The minimum absolute atomic E-state index is 0.0446. The van der Waals surface area contributed by atoms with Gasteiger partial charge in [0.05, 0.1) is 25.8 Å². The van der Waals surface area contributed by atoms with E-state index in [1.807, 2.05) is 62.4 Å². The first-order valence-corrected chi connectivity index (χ1v) is 9.34. The van der Waals surface area contributed by atoms with E-state index in [9.17, 15) is 15.2 Å². The summed E-state index contributed by atoms with van der Waals surface area (Å²) in [4.78, 5) is 14.0. The van der Waals surface area contributed by atoms with Crippen LogP contribution in [0.25, 0.3) is 11.1 Å². The smallest absolute Gasteiger partial charge is 0.319 e. The molecule has 2 aromatic rings. The van der Waals surface area contributed by atoms with Crippen LogP contribution in [-0.2, 0) is 0 Å². The van der Waals surface area contributed by atoms with Crippen molar-refractivity contribution >= 4 is 6.03 Å². The fourth-order valence-electron chi connectivity index (χ4n) is 3.80. The van der Waals surface area contributed by atoms with Gasteiger partial charge in [-0.2, -0.15) is 5.26 Å². The number of nitrogens with zero attached hydrogens (tertiary/aromatic N) is 2. The third kappa shape index (κ3) is 3.54. The summed E-state index contributed by atoms with van der Waals surface area (Å²) in [6.07, 6.45) is 0. The highest BCUT2D eigenvalue weighted by atomic mass is 16.5. The second-order valence-electron chi connectivity index (χ2n) is 7.18. The predicted octanol–water partition coefficient (Wildman–Crippen LogP) is 3.13. The van der Waals surface area contributed by atoms with Gasteiger partial charge in [0, 0.05) is 12.0 Å². The van der Waals surface area contributed by atoms with Crippen LogP contribution >= 0.6 is 0 Å².